The predicted octanol–water partition coefficient (Wildman–Crippen LogP) is 2.30. The van der Waals surface area contributed by atoms with Crippen LogP contribution in [-0.4, -0.2) is 43.3 Å². The monoisotopic (exact) mass is 276 g/mol. The fraction of sp³-hybridized carbons (Fsp3) is 0.562. The molecule has 0 bridgehead atoms. The molecular formula is C16H24N2O2. The standard InChI is InChI=1S/C16H24N2O2/c1-13(2)12-20-16(19)18-9-8-17-15(11-18)10-14-6-4-3-5-7-14/h3-7,13,15,17H,8-12H2,1-2H3. The molecule has 0 radical (unpaired) electrons. The fourth-order valence-electron chi connectivity index (χ4n) is 2.36. The summed E-state index contributed by atoms with van der Waals surface area (Å²) in [7, 11) is 0. The van der Waals surface area contributed by atoms with Gasteiger partial charge in [0.05, 0.1) is 6.61 Å². The van der Waals surface area contributed by atoms with Gasteiger partial charge in [0, 0.05) is 25.7 Å². The van der Waals surface area contributed by atoms with Gasteiger partial charge in [-0.1, -0.05) is 44.2 Å². The Labute approximate surface area is 121 Å². The van der Waals surface area contributed by atoms with Crippen LogP contribution in [0.25, 0.3) is 0 Å². The van der Waals surface area contributed by atoms with Gasteiger partial charge in [-0.05, 0) is 17.9 Å². The lowest BCUT2D eigenvalue weighted by atomic mass is 10.0. The molecule has 1 heterocycles. The van der Waals surface area contributed by atoms with Crippen molar-refractivity contribution in [3.8, 4) is 0 Å². The van der Waals surface area contributed by atoms with Crippen LogP contribution in [0.2, 0.25) is 0 Å². The van der Waals surface area contributed by atoms with E-state index in [1.165, 1.54) is 5.56 Å². The summed E-state index contributed by atoms with van der Waals surface area (Å²) in [5.41, 5.74) is 1.29. The van der Waals surface area contributed by atoms with Crippen molar-refractivity contribution in [3.05, 3.63) is 35.9 Å². The number of piperazine rings is 1. The maximum atomic E-state index is 12.0. The molecule has 0 aromatic heterocycles. The normalized spacial score (nSPS) is 19.1. The second-order valence-corrected chi connectivity index (χ2v) is 5.76. The molecule has 0 aliphatic carbocycles. The van der Waals surface area contributed by atoms with Gasteiger partial charge in [0.2, 0.25) is 0 Å². The number of ether oxygens (including phenoxy) is 1. The number of nitrogens with zero attached hydrogens (tertiary/aromatic N) is 1. The van der Waals surface area contributed by atoms with E-state index in [2.05, 4.69) is 17.4 Å². The Morgan fingerprint density at radius 2 is 2.15 bits per heavy atom. The number of benzene rings is 1. The quantitative estimate of drug-likeness (QED) is 0.917. The maximum absolute atomic E-state index is 12.0. The maximum Gasteiger partial charge on any atom is 0.409 e. The van der Waals surface area contributed by atoms with Crippen LogP contribution in [0.5, 0.6) is 0 Å². The van der Waals surface area contributed by atoms with Crippen molar-refractivity contribution in [1.82, 2.24) is 10.2 Å². The molecule has 110 valence electrons. The lowest BCUT2D eigenvalue weighted by Gasteiger charge is -2.33. The summed E-state index contributed by atoms with van der Waals surface area (Å²) in [5.74, 6) is 0.377. The van der Waals surface area contributed by atoms with Crippen LogP contribution >= 0.6 is 0 Å². The third kappa shape index (κ3) is 4.53. The highest BCUT2D eigenvalue weighted by Crippen LogP contribution is 2.09. The Morgan fingerprint density at radius 3 is 2.85 bits per heavy atom. The van der Waals surface area contributed by atoms with Gasteiger partial charge >= 0.3 is 6.09 Å². The first kappa shape index (κ1) is 14.9. The van der Waals surface area contributed by atoms with E-state index in [9.17, 15) is 4.79 Å². The summed E-state index contributed by atoms with van der Waals surface area (Å²) >= 11 is 0. The summed E-state index contributed by atoms with van der Waals surface area (Å²) < 4.78 is 5.30. The van der Waals surface area contributed by atoms with E-state index in [4.69, 9.17) is 4.74 Å². The van der Waals surface area contributed by atoms with Crippen LogP contribution in [0.1, 0.15) is 19.4 Å². The Balaban J connectivity index is 1.83. The van der Waals surface area contributed by atoms with Crippen molar-refractivity contribution >= 4 is 6.09 Å². The lowest BCUT2D eigenvalue weighted by molar-refractivity contribution is 0.0815. The Morgan fingerprint density at radius 1 is 1.40 bits per heavy atom. The molecule has 1 aromatic rings. The third-order valence-corrected chi connectivity index (χ3v) is 3.38. The number of carbonyl (C=O) groups excluding carboxylic acids is 1. The largest absolute Gasteiger partial charge is 0.449 e. The van der Waals surface area contributed by atoms with Crippen LogP contribution in [0.3, 0.4) is 0 Å². The average Bonchev–Trinajstić information content (AvgIpc) is 2.46. The first-order valence-corrected chi connectivity index (χ1v) is 7.34. The van der Waals surface area contributed by atoms with E-state index in [0.29, 0.717) is 25.1 Å². The number of carbonyl (C=O) groups is 1. The van der Waals surface area contributed by atoms with E-state index in [1.54, 1.807) is 0 Å². The van der Waals surface area contributed by atoms with Crippen molar-refractivity contribution in [1.29, 1.82) is 0 Å². The minimum absolute atomic E-state index is 0.182. The number of amides is 1. The number of nitrogens with one attached hydrogen (secondary N) is 1. The van der Waals surface area contributed by atoms with Gasteiger partial charge in [-0.2, -0.15) is 0 Å². The van der Waals surface area contributed by atoms with E-state index in [-0.39, 0.29) is 6.09 Å². The fourth-order valence-corrected chi connectivity index (χ4v) is 2.36. The molecule has 1 aromatic carbocycles. The molecule has 1 fully saturated rings. The molecule has 0 spiro atoms. The zero-order valence-corrected chi connectivity index (χ0v) is 12.3. The highest BCUT2D eigenvalue weighted by Gasteiger charge is 2.24. The van der Waals surface area contributed by atoms with Crippen LogP contribution in [0.15, 0.2) is 30.3 Å². The molecule has 1 saturated heterocycles. The van der Waals surface area contributed by atoms with Gasteiger partial charge in [0.1, 0.15) is 0 Å². The smallest absolute Gasteiger partial charge is 0.409 e. The SMILES string of the molecule is CC(C)COC(=O)N1CCNC(Cc2ccccc2)C1. The van der Waals surface area contributed by atoms with Crippen LogP contribution in [0, 0.1) is 5.92 Å². The highest BCUT2D eigenvalue weighted by atomic mass is 16.6. The van der Waals surface area contributed by atoms with Crippen molar-refractivity contribution in [2.75, 3.05) is 26.2 Å². The van der Waals surface area contributed by atoms with Crippen LogP contribution in [0.4, 0.5) is 4.79 Å². The molecule has 1 unspecified atom stereocenters. The van der Waals surface area contributed by atoms with E-state index in [1.807, 2.05) is 36.9 Å². The van der Waals surface area contributed by atoms with E-state index in [0.717, 1.165) is 19.5 Å². The van der Waals surface area contributed by atoms with Gasteiger partial charge < -0.3 is 15.0 Å². The van der Waals surface area contributed by atoms with E-state index >= 15 is 0 Å². The van der Waals surface area contributed by atoms with Crippen molar-refractivity contribution in [3.63, 3.8) is 0 Å². The summed E-state index contributed by atoms with van der Waals surface area (Å²) in [5, 5.41) is 3.47. The summed E-state index contributed by atoms with van der Waals surface area (Å²) in [6.45, 7) is 6.85. The first-order chi connectivity index (χ1) is 9.65. The van der Waals surface area contributed by atoms with Crippen LogP contribution in [-0.2, 0) is 11.2 Å². The Bertz CT molecular complexity index is 420. The third-order valence-electron chi connectivity index (χ3n) is 3.38. The summed E-state index contributed by atoms with van der Waals surface area (Å²) in [6, 6.07) is 10.7. The summed E-state index contributed by atoms with van der Waals surface area (Å²) in [6.07, 6.45) is 0.757. The Kier molecular flexibility index (Phi) is 5.41. The number of hydrogen-bond acceptors (Lipinski definition) is 3. The predicted molar refractivity (Wildman–Crippen MR) is 79.7 cm³/mol. The van der Waals surface area contributed by atoms with Gasteiger partial charge in [-0.3, -0.25) is 0 Å². The molecule has 4 heteroatoms. The molecule has 1 atom stereocenters. The van der Waals surface area contributed by atoms with Gasteiger partial charge in [0.25, 0.3) is 0 Å². The molecule has 20 heavy (non-hydrogen) atoms. The second kappa shape index (κ2) is 7.29. The molecule has 4 nitrogen and oxygen atoms in total. The highest BCUT2D eigenvalue weighted by molar-refractivity contribution is 5.67. The molecule has 2 rings (SSSR count). The minimum atomic E-state index is -0.182. The van der Waals surface area contributed by atoms with Gasteiger partial charge in [0.15, 0.2) is 0 Å². The molecule has 1 N–H and O–H groups in total. The molecule has 0 saturated carbocycles. The molecule has 1 aliphatic heterocycles. The van der Waals surface area contributed by atoms with Gasteiger partial charge in [-0.15, -0.1) is 0 Å². The number of rotatable bonds is 4. The van der Waals surface area contributed by atoms with Crippen molar-refractivity contribution < 1.29 is 9.53 Å². The summed E-state index contributed by atoms with van der Waals surface area (Å²) in [4.78, 5) is 13.8. The lowest BCUT2D eigenvalue weighted by Crippen LogP contribution is -2.53. The Hall–Kier alpha value is -1.55. The van der Waals surface area contributed by atoms with Crippen molar-refractivity contribution in [2.24, 2.45) is 5.92 Å². The topological polar surface area (TPSA) is 41.6 Å². The van der Waals surface area contributed by atoms with E-state index < -0.39 is 0 Å². The zero-order chi connectivity index (χ0) is 14.4. The molecule has 1 amide bonds. The minimum Gasteiger partial charge on any atom is -0.449 e. The van der Waals surface area contributed by atoms with Crippen LogP contribution < -0.4 is 5.32 Å². The van der Waals surface area contributed by atoms with Crippen molar-refractivity contribution in [2.45, 2.75) is 26.3 Å². The average molecular weight is 276 g/mol. The van der Waals surface area contributed by atoms with Gasteiger partial charge in [-0.25, -0.2) is 4.79 Å². The molecule has 1 aliphatic rings. The first-order valence-electron chi connectivity index (χ1n) is 7.34. The second-order valence-electron chi connectivity index (χ2n) is 5.76. The number of hydrogen-bond donors (Lipinski definition) is 1. The molecular weight excluding hydrogens is 252 g/mol. The zero-order valence-electron chi connectivity index (χ0n) is 12.3.